The van der Waals surface area contributed by atoms with Gasteiger partial charge in [0.1, 0.15) is 0 Å². The van der Waals surface area contributed by atoms with Gasteiger partial charge in [0.05, 0.1) is 0 Å². The number of nitrogens with zero attached hydrogens (tertiary/aromatic N) is 1. The Kier molecular flexibility index (Phi) is 3.40. The van der Waals surface area contributed by atoms with Crippen molar-refractivity contribution in [3.8, 4) is 0 Å². The Hall–Kier alpha value is -0.570. The fourth-order valence-corrected chi connectivity index (χ4v) is 2.45. The van der Waals surface area contributed by atoms with E-state index in [1.807, 2.05) is 4.90 Å². The lowest BCUT2D eigenvalue weighted by Gasteiger charge is -2.25. The highest BCUT2D eigenvalue weighted by molar-refractivity contribution is 5.77. The van der Waals surface area contributed by atoms with E-state index in [2.05, 4.69) is 5.32 Å². The normalized spacial score (nSPS) is 24.6. The molecule has 0 bridgehead atoms. The zero-order chi connectivity index (χ0) is 9.80. The van der Waals surface area contributed by atoms with Gasteiger partial charge in [-0.05, 0) is 44.7 Å². The van der Waals surface area contributed by atoms with Gasteiger partial charge in [0.2, 0.25) is 5.91 Å². The number of likely N-dealkylation sites (tertiary alicyclic amines) is 1. The van der Waals surface area contributed by atoms with Gasteiger partial charge >= 0.3 is 0 Å². The highest BCUT2D eigenvalue weighted by Crippen LogP contribution is 2.18. The van der Waals surface area contributed by atoms with Crippen molar-refractivity contribution in [1.29, 1.82) is 0 Å². The third kappa shape index (κ3) is 2.47. The SMILES string of the molecule is O=C1CCCN1CCC1CCNCC1. The molecule has 2 rings (SSSR count). The number of hydrogen-bond donors (Lipinski definition) is 1. The molecule has 2 aliphatic heterocycles. The largest absolute Gasteiger partial charge is 0.343 e. The van der Waals surface area contributed by atoms with Crippen molar-refractivity contribution in [2.75, 3.05) is 26.2 Å². The van der Waals surface area contributed by atoms with Gasteiger partial charge < -0.3 is 10.2 Å². The maximum Gasteiger partial charge on any atom is 0.222 e. The lowest BCUT2D eigenvalue weighted by Crippen LogP contribution is -2.31. The number of nitrogens with one attached hydrogen (secondary N) is 1. The number of hydrogen-bond acceptors (Lipinski definition) is 2. The molecule has 0 unspecified atom stereocenters. The maximum atomic E-state index is 11.4. The number of piperidine rings is 1. The standard InChI is InChI=1S/C11H20N2O/c14-11-2-1-8-13(11)9-5-10-3-6-12-7-4-10/h10,12H,1-9H2. The predicted molar refractivity (Wildman–Crippen MR) is 56.0 cm³/mol. The molecule has 2 saturated heterocycles. The first kappa shape index (κ1) is 9.97. The van der Waals surface area contributed by atoms with Gasteiger partial charge in [0.25, 0.3) is 0 Å². The summed E-state index contributed by atoms with van der Waals surface area (Å²) in [7, 11) is 0. The Morgan fingerprint density at radius 3 is 2.79 bits per heavy atom. The van der Waals surface area contributed by atoms with Crippen LogP contribution in [0.3, 0.4) is 0 Å². The highest BCUT2D eigenvalue weighted by Gasteiger charge is 2.21. The topological polar surface area (TPSA) is 32.3 Å². The third-order valence-electron chi connectivity index (χ3n) is 3.44. The van der Waals surface area contributed by atoms with Gasteiger partial charge in [-0.2, -0.15) is 0 Å². The molecule has 1 amide bonds. The van der Waals surface area contributed by atoms with Crippen molar-refractivity contribution in [2.24, 2.45) is 5.92 Å². The van der Waals surface area contributed by atoms with Gasteiger partial charge in [0.15, 0.2) is 0 Å². The second-order valence-electron chi connectivity index (χ2n) is 4.47. The van der Waals surface area contributed by atoms with Crippen molar-refractivity contribution < 1.29 is 4.79 Å². The third-order valence-corrected chi connectivity index (χ3v) is 3.44. The number of amides is 1. The molecule has 2 fully saturated rings. The van der Waals surface area contributed by atoms with Gasteiger partial charge in [-0.1, -0.05) is 0 Å². The summed E-state index contributed by atoms with van der Waals surface area (Å²) in [6.07, 6.45) is 5.66. The first-order valence-electron chi connectivity index (χ1n) is 5.85. The number of rotatable bonds is 3. The van der Waals surface area contributed by atoms with E-state index < -0.39 is 0 Å². The minimum atomic E-state index is 0.374. The van der Waals surface area contributed by atoms with Crippen LogP contribution in [0.5, 0.6) is 0 Å². The molecule has 0 aromatic carbocycles. The van der Waals surface area contributed by atoms with Crippen LogP contribution in [-0.4, -0.2) is 37.0 Å². The van der Waals surface area contributed by atoms with Crippen LogP contribution < -0.4 is 5.32 Å². The van der Waals surface area contributed by atoms with E-state index >= 15 is 0 Å². The van der Waals surface area contributed by atoms with E-state index in [1.54, 1.807) is 0 Å². The fraction of sp³-hybridized carbons (Fsp3) is 0.909. The summed E-state index contributed by atoms with van der Waals surface area (Å²) in [6, 6.07) is 0. The first-order valence-corrected chi connectivity index (χ1v) is 5.85. The van der Waals surface area contributed by atoms with E-state index in [1.165, 1.54) is 32.4 Å². The van der Waals surface area contributed by atoms with E-state index in [9.17, 15) is 4.79 Å². The van der Waals surface area contributed by atoms with Crippen molar-refractivity contribution in [2.45, 2.75) is 32.1 Å². The Balaban J connectivity index is 1.68. The van der Waals surface area contributed by atoms with Crippen LogP contribution in [0.2, 0.25) is 0 Å². The highest BCUT2D eigenvalue weighted by atomic mass is 16.2. The van der Waals surface area contributed by atoms with Crippen LogP contribution in [0.1, 0.15) is 32.1 Å². The predicted octanol–water partition coefficient (Wildman–Crippen LogP) is 0.998. The van der Waals surface area contributed by atoms with E-state index in [-0.39, 0.29) is 0 Å². The van der Waals surface area contributed by atoms with Crippen molar-refractivity contribution in [3.63, 3.8) is 0 Å². The van der Waals surface area contributed by atoms with Crippen molar-refractivity contribution >= 4 is 5.91 Å². The molecule has 0 atom stereocenters. The summed E-state index contributed by atoms with van der Waals surface area (Å²) < 4.78 is 0. The average Bonchev–Trinajstić information content (AvgIpc) is 2.63. The fourth-order valence-electron chi connectivity index (χ4n) is 2.45. The van der Waals surface area contributed by atoms with Crippen LogP contribution in [0.4, 0.5) is 0 Å². The second-order valence-corrected chi connectivity index (χ2v) is 4.47. The molecule has 3 heteroatoms. The summed E-state index contributed by atoms with van der Waals surface area (Å²) in [5, 5.41) is 3.37. The molecule has 0 aromatic rings. The first-order chi connectivity index (χ1) is 6.86. The molecule has 80 valence electrons. The lowest BCUT2D eigenvalue weighted by molar-refractivity contribution is -0.127. The molecular formula is C11H20N2O. The molecular weight excluding hydrogens is 176 g/mol. The molecule has 3 nitrogen and oxygen atoms in total. The lowest BCUT2D eigenvalue weighted by atomic mass is 9.94. The minimum Gasteiger partial charge on any atom is -0.343 e. The molecule has 1 N–H and O–H groups in total. The van der Waals surface area contributed by atoms with Gasteiger partial charge in [-0.15, -0.1) is 0 Å². The minimum absolute atomic E-state index is 0.374. The average molecular weight is 196 g/mol. The summed E-state index contributed by atoms with van der Waals surface area (Å²) in [5.41, 5.74) is 0. The maximum absolute atomic E-state index is 11.4. The van der Waals surface area contributed by atoms with Gasteiger partial charge in [-0.3, -0.25) is 4.79 Å². The summed E-state index contributed by atoms with van der Waals surface area (Å²) in [4.78, 5) is 13.4. The smallest absolute Gasteiger partial charge is 0.222 e. The molecule has 0 aromatic heterocycles. The molecule has 0 radical (unpaired) electrons. The molecule has 0 aliphatic carbocycles. The van der Waals surface area contributed by atoms with Crippen LogP contribution in [0.15, 0.2) is 0 Å². The van der Waals surface area contributed by atoms with Crippen LogP contribution in [0, 0.1) is 5.92 Å². The van der Waals surface area contributed by atoms with E-state index in [0.717, 1.165) is 31.8 Å². The molecule has 0 saturated carbocycles. The zero-order valence-electron chi connectivity index (χ0n) is 8.80. The Morgan fingerprint density at radius 1 is 1.36 bits per heavy atom. The van der Waals surface area contributed by atoms with Crippen LogP contribution in [0.25, 0.3) is 0 Å². The summed E-state index contributed by atoms with van der Waals surface area (Å²) in [6.45, 7) is 4.34. The Morgan fingerprint density at radius 2 is 2.14 bits per heavy atom. The molecule has 14 heavy (non-hydrogen) atoms. The summed E-state index contributed by atoms with van der Waals surface area (Å²) >= 11 is 0. The van der Waals surface area contributed by atoms with E-state index in [0.29, 0.717) is 5.91 Å². The molecule has 2 heterocycles. The monoisotopic (exact) mass is 196 g/mol. The van der Waals surface area contributed by atoms with Crippen molar-refractivity contribution in [1.82, 2.24) is 10.2 Å². The quantitative estimate of drug-likeness (QED) is 0.730. The van der Waals surface area contributed by atoms with Crippen LogP contribution >= 0.6 is 0 Å². The van der Waals surface area contributed by atoms with Crippen LogP contribution in [-0.2, 0) is 4.79 Å². The molecule has 0 spiro atoms. The number of carbonyl (C=O) groups is 1. The second kappa shape index (κ2) is 4.78. The molecule has 2 aliphatic rings. The van der Waals surface area contributed by atoms with E-state index in [4.69, 9.17) is 0 Å². The Labute approximate surface area is 85.8 Å². The zero-order valence-corrected chi connectivity index (χ0v) is 8.80. The number of carbonyl (C=O) groups excluding carboxylic acids is 1. The summed E-state index contributed by atoms with van der Waals surface area (Å²) in [5.74, 6) is 1.23. The van der Waals surface area contributed by atoms with Gasteiger partial charge in [0, 0.05) is 19.5 Å². The van der Waals surface area contributed by atoms with Crippen molar-refractivity contribution in [3.05, 3.63) is 0 Å². The Bertz CT molecular complexity index is 199. The van der Waals surface area contributed by atoms with Gasteiger partial charge in [-0.25, -0.2) is 0 Å².